The lowest BCUT2D eigenvalue weighted by Crippen LogP contribution is -2.19. The average molecular weight is 400 g/mol. The van der Waals surface area contributed by atoms with Gasteiger partial charge in [-0.1, -0.05) is 73.7 Å². The molecule has 0 unspecified atom stereocenters. The highest BCUT2D eigenvalue weighted by molar-refractivity contribution is 5.98. The van der Waals surface area contributed by atoms with E-state index >= 15 is 0 Å². The molecule has 3 aromatic rings. The van der Waals surface area contributed by atoms with E-state index in [1.807, 2.05) is 56.6 Å². The number of aldehydes is 1. The van der Waals surface area contributed by atoms with Gasteiger partial charge in [-0.05, 0) is 60.5 Å². The van der Waals surface area contributed by atoms with Gasteiger partial charge in [0.2, 0.25) is 0 Å². The second-order valence-corrected chi connectivity index (χ2v) is 7.49. The molecule has 154 valence electrons. The van der Waals surface area contributed by atoms with Crippen LogP contribution in [0.15, 0.2) is 78.9 Å². The lowest BCUT2D eigenvalue weighted by molar-refractivity contribution is 0.112. The maximum atomic E-state index is 11.1. The molecule has 0 aliphatic heterocycles. The van der Waals surface area contributed by atoms with Crippen LogP contribution in [0, 0.1) is 0 Å². The first-order valence-corrected chi connectivity index (χ1v) is 10.3. The molecule has 0 saturated heterocycles. The van der Waals surface area contributed by atoms with Gasteiger partial charge in [0, 0.05) is 12.1 Å². The minimum Gasteiger partial charge on any atom is -0.492 e. The molecule has 0 saturated carbocycles. The lowest BCUT2D eigenvalue weighted by Gasteiger charge is -2.17. The summed E-state index contributed by atoms with van der Waals surface area (Å²) in [6.07, 6.45) is 1.78. The Morgan fingerprint density at radius 2 is 1.43 bits per heavy atom. The van der Waals surface area contributed by atoms with Crippen LogP contribution in [-0.2, 0) is 0 Å². The van der Waals surface area contributed by atoms with E-state index in [2.05, 4.69) is 48.2 Å². The van der Waals surface area contributed by atoms with Crippen LogP contribution >= 0.6 is 0 Å². The second-order valence-electron chi connectivity index (χ2n) is 7.49. The number of ether oxygens (including phenoxy) is 1. The molecule has 3 rings (SSSR count). The van der Waals surface area contributed by atoms with Crippen molar-refractivity contribution in [2.45, 2.75) is 13.3 Å². The summed E-state index contributed by atoms with van der Waals surface area (Å²) in [5.74, 6) is 0.869. The molecule has 3 aromatic carbocycles. The van der Waals surface area contributed by atoms with Crippen LogP contribution in [0.3, 0.4) is 0 Å². The molecule has 3 nitrogen and oxygen atoms in total. The van der Waals surface area contributed by atoms with E-state index in [-0.39, 0.29) is 0 Å². The Labute approximate surface area is 179 Å². The maximum Gasteiger partial charge on any atom is 0.150 e. The standard InChI is InChI=1S/C27H29NO2/c1-4-26(22-8-6-5-7-9-22)27(23-12-10-21(20-29)11-13-23)24-14-16-25(17-15-24)30-19-18-28(2)3/h5-17,20H,4,18-19H2,1-3H3. The Morgan fingerprint density at radius 1 is 0.833 bits per heavy atom. The third kappa shape index (κ3) is 5.46. The van der Waals surface area contributed by atoms with Crippen molar-refractivity contribution in [3.8, 4) is 5.75 Å². The van der Waals surface area contributed by atoms with Crippen LogP contribution < -0.4 is 4.74 Å². The van der Waals surface area contributed by atoms with Gasteiger partial charge in [-0.2, -0.15) is 0 Å². The summed E-state index contributed by atoms with van der Waals surface area (Å²) in [4.78, 5) is 13.2. The fourth-order valence-electron chi connectivity index (χ4n) is 3.47. The van der Waals surface area contributed by atoms with Crippen molar-refractivity contribution in [2.75, 3.05) is 27.2 Å². The highest BCUT2D eigenvalue weighted by Gasteiger charge is 2.13. The van der Waals surface area contributed by atoms with Gasteiger partial charge in [-0.25, -0.2) is 0 Å². The van der Waals surface area contributed by atoms with E-state index in [4.69, 9.17) is 4.74 Å². The molecule has 0 bridgehead atoms. The van der Waals surface area contributed by atoms with Gasteiger partial charge in [-0.15, -0.1) is 0 Å². The zero-order valence-electron chi connectivity index (χ0n) is 18.0. The third-order valence-electron chi connectivity index (χ3n) is 5.06. The highest BCUT2D eigenvalue weighted by Crippen LogP contribution is 2.35. The Bertz CT molecular complexity index is 972. The van der Waals surface area contributed by atoms with E-state index in [0.29, 0.717) is 12.2 Å². The monoisotopic (exact) mass is 399 g/mol. The molecule has 0 spiro atoms. The summed E-state index contributed by atoms with van der Waals surface area (Å²) >= 11 is 0. The van der Waals surface area contributed by atoms with Crippen LogP contribution in [0.1, 0.15) is 40.4 Å². The van der Waals surface area contributed by atoms with Crippen molar-refractivity contribution in [2.24, 2.45) is 0 Å². The van der Waals surface area contributed by atoms with Crippen LogP contribution in [-0.4, -0.2) is 38.4 Å². The lowest BCUT2D eigenvalue weighted by atomic mass is 9.88. The number of allylic oxidation sites excluding steroid dienone is 1. The van der Waals surface area contributed by atoms with Crippen molar-refractivity contribution in [3.05, 3.63) is 101 Å². The van der Waals surface area contributed by atoms with Gasteiger partial charge in [0.05, 0.1) is 0 Å². The Kier molecular flexibility index (Phi) is 7.58. The predicted molar refractivity (Wildman–Crippen MR) is 125 cm³/mol. The van der Waals surface area contributed by atoms with E-state index in [1.54, 1.807) is 0 Å². The van der Waals surface area contributed by atoms with Crippen LogP contribution in [0.2, 0.25) is 0 Å². The molecular formula is C27H29NO2. The molecule has 0 radical (unpaired) electrons. The Morgan fingerprint density at radius 3 is 1.97 bits per heavy atom. The second kappa shape index (κ2) is 10.6. The van der Waals surface area contributed by atoms with Crippen LogP contribution in [0.5, 0.6) is 5.75 Å². The summed E-state index contributed by atoms with van der Waals surface area (Å²) in [5, 5.41) is 0. The van der Waals surface area contributed by atoms with Gasteiger partial charge in [-0.3, -0.25) is 4.79 Å². The van der Waals surface area contributed by atoms with Crippen molar-refractivity contribution in [1.29, 1.82) is 0 Å². The zero-order valence-corrected chi connectivity index (χ0v) is 18.0. The number of nitrogens with zero attached hydrogens (tertiary/aromatic N) is 1. The van der Waals surface area contributed by atoms with Crippen molar-refractivity contribution >= 4 is 17.4 Å². The van der Waals surface area contributed by atoms with Gasteiger partial charge < -0.3 is 9.64 Å². The first kappa shape index (κ1) is 21.5. The number of hydrogen-bond donors (Lipinski definition) is 0. The van der Waals surface area contributed by atoms with Crippen molar-refractivity contribution < 1.29 is 9.53 Å². The van der Waals surface area contributed by atoms with Crippen LogP contribution in [0.25, 0.3) is 11.1 Å². The van der Waals surface area contributed by atoms with E-state index < -0.39 is 0 Å². The fourth-order valence-corrected chi connectivity index (χ4v) is 3.47. The third-order valence-corrected chi connectivity index (χ3v) is 5.06. The normalized spacial score (nSPS) is 11.9. The molecule has 0 heterocycles. The highest BCUT2D eigenvalue weighted by atomic mass is 16.5. The number of benzene rings is 3. The minimum absolute atomic E-state index is 0.659. The van der Waals surface area contributed by atoms with Gasteiger partial charge in [0.25, 0.3) is 0 Å². The maximum absolute atomic E-state index is 11.1. The van der Waals surface area contributed by atoms with Crippen molar-refractivity contribution in [3.63, 3.8) is 0 Å². The molecule has 0 aromatic heterocycles. The van der Waals surface area contributed by atoms with E-state index in [1.165, 1.54) is 16.7 Å². The van der Waals surface area contributed by atoms with Gasteiger partial charge in [0.1, 0.15) is 18.6 Å². The zero-order chi connectivity index (χ0) is 21.3. The SMILES string of the molecule is CCC(=C(c1ccc(C=O)cc1)c1ccc(OCCN(C)C)cc1)c1ccccc1. The summed E-state index contributed by atoms with van der Waals surface area (Å²) < 4.78 is 5.86. The van der Waals surface area contributed by atoms with Gasteiger partial charge in [0.15, 0.2) is 0 Å². The predicted octanol–water partition coefficient (Wildman–Crippen LogP) is 5.81. The molecule has 0 atom stereocenters. The molecule has 3 heteroatoms. The van der Waals surface area contributed by atoms with E-state index in [0.717, 1.165) is 36.1 Å². The molecule has 0 aliphatic rings. The number of rotatable bonds is 9. The Balaban J connectivity index is 2.03. The topological polar surface area (TPSA) is 29.5 Å². The summed E-state index contributed by atoms with van der Waals surface area (Å²) in [6.45, 7) is 3.72. The number of likely N-dealkylation sites (N-methyl/N-ethyl adjacent to an activating group) is 1. The van der Waals surface area contributed by atoms with Crippen molar-refractivity contribution in [1.82, 2.24) is 4.90 Å². The summed E-state index contributed by atoms with van der Waals surface area (Å²) in [7, 11) is 4.07. The fraction of sp³-hybridized carbons (Fsp3) is 0.222. The molecular weight excluding hydrogens is 370 g/mol. The average Bonchev–Trinajstić information content (AvgIpc) is 2.78. The van der Waals surface area contributed by atoms with E-state index in [9.17, 15) is 4.79 Å². The smallest absolute Gasteiger partial charge is 0.150 e. The molecule has 0 N–H and O–H groups in total. The minimum atomic E-state index is 0.659. The molecule has 0 amide bonds. The van der Waals surface area contributed by atoms with Gasteiger partial charge >= 0.3 is 0 Å². The number of carbonyl (C=O) groups excluding carboxylic acids is 1. The largest absolute Gasteiger partial charge is 0.492 e. The first-order valence-electron chi connectivity index (χ1n) is 10.3. The molecule has 0 aliphatic carbocycles. The Hall–Kier alpha value is -3.17. The van der Waals surface area contributed by atoms with Crippen LogP contribution in [0.4, 0.5) is 0 Å². The summed E-state index contributed by atoms with van der Waals surface area (Å²) in [6, 6.07) is 26.6. The summed E-state index contributed by atoms with van der Waals surface area (Å²) in [5.41, 5.74) is 6.58. The molecule has 0 fully saturated rings. The molecule has 30 heavy (non-hydrogen) atoms. The number of carbonyl (C=O) groups is 1. The quantitative estimate of drug-likeness (QED) is 0.336. The number of hydrogen-bond acceptors (Lipinski definition) is 3. The first-order chi connectivity index (χ1) is 14.6.